The van der Waals surface area contributed by atoms with Crippen molar-refractivity contribution in [3.63, 3.8) is 0 Å². The van der Waals surface area contributed by atoms with E-state index in [0.717, 1.165) is 16.4 Å². The molecule has 1 saturated heterocycles. The van der Waals surface area contributed by atoms with E-state index in [2.05, 4.69) is 5.32 Å². The van der Waals surface area contributed by atoms with E-state index in [1.54, 1.807) is 0 Å². The smallest absolute Gasteiger partial charge is 0.325 e. The average molecular weight is 516 g/mol. The maximum absolute atomic E-state index is 13.3. The van der Waals surface area contributed by atoms with Crippen LogP contribution < -0.4 is 5.32 Å². The highest BCUT2D eigenvalue weighted by atomic mass is 35.5. The number of nitrogens with one attached hydrogen (secondary N) is 1. The molecular weight excluding hydrogens is 500 g/mol. The van der Waals surface area contributed by atoms with Crippen LogP contribution in [0, 0.1) is 5.92 Å². The predicted octanol–water partition coefficient (Wildman–Crippen LogP) is 5.71. The van der Waals surface area contributed by atoms with Crippen LogP contribution in [0.3, 0.4) is 0 Å². The van der Waals surface area contributed by atoms with Gasteiger partial charge in [0.25, 0.3) is 0 Å². The molecule has 31 heavy (non-hydrogen) atoms. The summed E-state index contributed by atoms with van der Waals surface area (Å²) in [4.78, 5) is 12.5. The number of sulfonamides is 1. The third-order valence-corrected chi connectivity index (χ3v) is 7.63. The Morgan fingerprint density at radius 1 is 1.06 bits per heavy atom. The minimum Gasteiger partial charge on any atom is -0.325 e. The van der Waals surface area contributed by atoms with Crippen LogP contribution in [0.15, 0.2) is 41.3 Å². The van der Waals surface area contributed by atoms with Crippen LogP contribution in [0.25, 0.3) is 0 Å². The van der Waals surface area contributed by atoms with E-state index < -0.39 is 39.3 Å². The molecule has 2 aromatic rings. The Kier molecular flexibility index (Phi) is 7.12. The molecule has 5 nitrogen and oxygen atoms in total. The van der Waals surface area contributed by atoms with Crippen molar-refractivity contribution in [2.24, 2.45) is 5.92 Å². The lowest BCUT2D eigenvalue weighted by molar-refractivity contribution is -0.137. The second kappa shape index (κ2) is 9.15. The number of rotatable bonds is 4. The maximum atomic E-state index is 13.3. The molecule has 0 radical (unpaired) electrons. The first kappa shape index (κ1) is 24.1. The third kappa shape index (κ3) is 5.46. The Labute approximate surface area is 192 Å². The summed E-state index contributed by atoms with van der Waals surface area (Å²) >= 11 is 17.6. The molecule has 1 atom stereocenters. The fourth-order valence-corrected chi connectivity index (χ4v) is 5.72. The van der Waals surface area contributed by atoms with E-state index in [4.69, 9.17) is 34.8 Å². The fraction of sp³-hybridized carbons (Fsp3) is 0.316. The topological polar surface area (TPSA) is 66.5 Å². The number of nitrogens with zero attached hydrogens (tertiary/aromatic N) is 1. The highest BCUT2D eigenvalue weighted by Crippen LogP contribution is 2.37. The van der Waals surface area contributed by atoms with Gasteiger partial charge in [-0.1, -0.05) is 34.8 Å². The molecule has 1 aliphatic rings. The van der Waals surface area contributed by atoms with Gasteiger partial charge in [0.2, 0.25) is 15.9 Å². The number of anilines is 1. The lowest BCUT2D eigenvalue weighted by atomic mass is 9.98. The van der Waals surface area contributed by atoms with Crippen LogP contribution in [0.5, 0.6) is 0 Å². The van der Waals surface area contributed by atoms with Gasteiger partial charge in [-0.2, -0.15) is 17.5 Å². The zero-order valence-corrected chi connectivity index (χ0v) is 18.8. The highest BCUT2D eigenvalue weighted by Gasteiger charge is 2.37. The lowest BCUT2D eigenvalue weighted by Gasteiger charge is -2.31. The number of carbonyl (C=O) groups excluding carboxylic acids is 1. The van der Waals surface area contributed by atoms with Gasteiger partial charge in [-0.05, 0) is 49.2 Å². The second-order valence-electron chi connectivity index (χ2n) is 6.95. The molecule has 0 aliphatic carbocycles. The monoisotopic (exact) mass is 514 g/mol. The second-order valence-corrected chi connectivity index (χ2v) is 10.1. The molecule has 1 N–H and O–H groups in total. The zero-order valence-electron chi connectivity index (χ0n) is 15.7. The van der Waals surface area contributed by atoms with Gasteiger partial charge in [0.05, 0.1) is 22.2 Å². The Bertz CT molecular complexity index is 1110. The van der Waals surface area contributed by atoms with Gasteiger partial charge < -0.3 is 5.32 Å². The molecule has 3 rings (SSSR count). The summed E-state index contributed by atoms with van der Waals surface area (Å²) in [6.45, 7) is -0.0599. The van der Waals surface area contributed by atoms with Crippen molar-refractivity contribution in [2.45, 2.75) is 23.9 Å². The number of halogens is 6. The van der Waals surface area contributed by atoms with Crippen LogP contribution in [-0.4, -0.2) is 31.7 Å². The fourth-order valence-electron chi connectivity index (χ4n) is 3.28. The number of piperidine rings is 1. The molecule has 1 fully saturated rings. The number of hydrogen-bond donors (Lipinski definition) is 1. The van der Waals surface area contributed by atoms with Crippen molar-refractivity contribution in [3.05, 3.63) is 57.0 Å². The van der Waals surface area contributed by atoms with Crippen LogP contribution in [-0.2, 0) is 21.0 Å². The Morgan fingerprint density at radius 3 is 2.39 bits per heavy atom. The normalized spacial score (nSPS) is 18.1. The Morgan fingerprint density at radius 2 is 1.71 bits per heavy atom. The first-order valence-electron chi connectivity index (χ1n) is 9.02. The minimum atomic E-state index is -4.72. The van der Waals surface area contributed by atoms with E-state index in [0.29, 0.717) is 12.8 Å². The summed E-state index contributed by atoms with van der Waals surface area (Å²) in [6.07, 6.45) is -4.06. The van der Waals surface area contributed by atoms with E-state index in [1.165, 1.54) is 24.3 Å². The molecule has 0 aromatic heterocycles. The summed E-state index contributed by atoms with van der Waals surface area (Å²) in [5, 5.41) is 2.29. The van der Waals surface area contributed by atoms with Crippen LogP contribution in [0.1, 0.15) is 18.4 Å². The van der Waals surface area contributed by atoms with Gasteiger partial charge in [-0.15, -0.1) is 0 Å². The van der Waals surface area contributed by atoms with Crippen LogP contribution in [0.2, 0.25) is 15.1 Å². The lowest BCUT2D eigenvalue weighted by Crippen LogP contribution is -2.43. The zero-order chi connectivity index (χ0) is 23.0. The van der Waals surface area contributed by atoms with Gasteiger partial charge >= 0.3 is 6.18 Å². The number of benzene rings is 2. The van der Waals surface area contributed by atoms with Gasteiger partial charge in [-0.25, -0.2) is 8.42 Å². The number of alkyl halides is 3. The average Bonchev–Trinajstić information content (AvgIpc) is 2.70. The summed E-state index contributed by atoms with van der Waals surface area (Å²) in [5.74, 6) is -1.57. The van der Waals surface area contributed by atoms with Gasteiger partial charge in [0, 0.05) is 23.1 Å². The first-order chi connectivity index (χ1) is 14.4. The standard InChI is InChI=1S/C19H16Cl3F3N2O3S/c20-12-4-6-16(14(8-12)19(23,24)25)26-18(28)11-2-1-7-27(10-11)31(29,30)17-9-13(21)3-5-15(17)22/h3-6,8-9,11H,1-2,7,10H2,(H,26,28)/t11-/m0/s1. The SMILES string of the molecule is O=C(Nc1ccc(Cl)cc1C(F)(F)F)[C@H]1CCCN(S(=O)(=O)c2cc(Cl)ccc2Cl)C1. The predicted molar refractivity (Wildman–Crippen MR) is 113 cm³/mol. The van der Waals surface area contributed by atoms with E-state index in [1.807, 2.05) is 0 Å². The molecule has 0 saturated carbocycles. The third-order valence-electron chi connectivity index (χ3n) is 4.81. The maximum Gasteiger partial charge on any atom is 0.418 e. The van der Waals surface area contributed by atoms with Gasteiger partial charge in [-0.3, -0.25) is 4.79 Å². The van der Waals surface area contributed by atoms with Crippen molar-refractivity contribution < 1.29 is 26.4 Å². The largest absolute Gasteiger partial charge is 0.418 e. The first-order valence-corrected chi connectivity index (χ1v) is 11.6. The quantitative estimate of drug-likeness (QED) is 0.568. The van der Waals surface area contributed by atoms with E-state index in [-0.39, 0.29) is 33.1 Å². The molecule has 0 unspecified atom stereocenters. The Hall–Kier alpha value is -1.52. The summed E-state index contributed by atoms with van der Waals surface area (Å²) in [5.41, 5.74) is -1.53. The summed E-state index contributed by atoms with van der Waals surface area (Å²) in [7, 11) is -4.05. The number of hydrogen-bond acceptors (Lipinski definition) is 3. The molecule has 1 heterocycles. The van der Waals surface area contributed by atoms with Crippen molar-refractivity contribution in [1.29, 1.82) is 0 Å². The minimum absolute atomic E-state index is 0.0213. The molecule has 1 amide bonds. The van der Waals surface area contributed by atoms with E-state index >= 15 is 0 Å². The van der Waals surface area contributed by atoms with E-state index in [9.17, 15) is 26.4 Å². The molecule has 0 spiro atoms. The van der Waals surface area contributed by atoms with Gasteiger partial charge in [0.15, 0.2) is 0 Å². The number of carbonyl (C=O) groups is 1. The molecule has 168 valence electrons. The van der Waals surface area contributed by atoms with Crippen molar-refractivity contribution in [2.75, 3.05) is 18.4 Å². The number of amides is 1. The molecular formula is C19H16Cl3F3N2O3S. The van der Waals surface area contributed by atoms with Crippen molar-refractivity contribution >= 4 is 56.4 Å². The van der Waals surface area contributed by atoms with Crippen molar-refractivity contribution in [1.82, 2.24) is 4.31 Å². The molecule has 0 bridgehead atoms. The van der Waals surface area contributed by atoms with Crippen LogP contribution in [0.4, 0.5) is 18.9 Å². The van der Waals surface area contributed by atoms with Crippen LogP contribution >= 0.6 is 34.8 Å². The highest BCUT2D eigenvalue weighted by molar-refractivity contribution is 7.89. The summed E-state index contributed by atoms with van der Waals surface area (Å²) < 4.78 is 66.9. The van der Waals surface area contributed by atoms with Gasteiger partial charge in [0.1, 0.15) is 4.90 Å². The summed E-state index contributed by atoms with van der Waals surface area (Å²) in [6, 6.07) is 7.02. The molecule has 1 aliphatic heterocycles. The Balaban J connectivity index is 1.81. The molecule has 2 aromatic carbocycles. The molecule has 12 heteroatoms. The van der Waals surface area contributed by atoms with Crippen molar-refractivity contribution in [3.8, 4) is 0 Å².